The van der Waals surface area contributed by atoms with Gasteiger partial charge in [0.2, 0.25) is 0 Å². The van der Waals surface area contributed by atoms with E-state index < -0.39 is 0 Å². The van der Waals surface area contributed by atoms with Gasteiger partial charge in [0.15, 0.2) is 5.82 Å². The van der Waals surface area contributed by atoms with Gasteiger partial charge in [0.1, 0.15) is 5.15 Å². The van der Waals surface area contributed by atoms with E-state index >= 15 is 0 Å². The summed E-state index contributed by atoms with van der Waals surface area (Å²) in [6.07, 6.45) is 3.15. The Morgan fingerprint density at radius 2 is 1.82 bits per heavy atom. The van der Waals surface area contributed by atoms with Crippen LogP contribution in [0.25, 0.3) is 0 Å². The number of nitrogens with one attached hydrogen (secondary N) is 1. The molecule has 1 heterocycles. The topological polar surface area (TPSA) is 37.8 Å². The molecule has 2 aromatic rings. The van der Waals surface area contributed by atoms with Crippen molar-refractivity contribution in [1.82, 2.24) is 9.97 Å². The van der Waals surface area contributed by atoms with Gasteiger partial charge >= 0.3 is 0 Å². The van der Waals surface area contributed by atoms with Crippen LogP contribution in [0.1, 0.15) is 11.1 Å². The average Bonchev–Trinajstić information content (AvgIpc) is 2.23. The molecule has 0 atom stereocenters. The van der Waals surface area contributed by atoms with Crippen molar-refractivity contribution in [2.75, 3.05) is 5.32 Å². The van der Waals surface area contributed by atoms with Gasteiger partial charge in [-0.1, -0.05) is 27.5 Å². The van der Waals surface area contributed by atoms with Crippen LogP contribution < -0.4 is 5.32 Å². The predicted molar refractivity (Wildman–Crippen MR) is 73.9 cm³/mol. The smallest absolute Gasteiger partial charge is 0.150 e. The van der Waals surface area contributed by atoms with Crippen LogP contribution in [-0.2, 0) is 0 Å². The summed E-state index contributed by atoms with van der Waals surface area (Å²) < 4.78 is 1.07. The first-order valence-corrected chi connectivity index (χ1v) is 6.24. The van der Waals surface area contributed by atoms with Crippen LogP contribution in [0.2, 0.25) is 5.15 Å². The lowest BCUT2D eigenvalue weighted by Crippen LogP contribution is -1.99. The number of benzene rings is 1. The minimum absolute atomic E-state index is 0.377. The number of hydrogen-bond donors (Lipinski definition) is 1. The van der Waals surface area contributed by atoms with E-state index in [1.807, 2.05) is 26.0 Å². The number of hydrogen-bond acceptors (Lipinski definition) is 3. The molecule has 0 spiro atoms. The van der Waals surface area contributed by atoms with E-state index in [9.17, 15) is 0 Å². The van der Waals surface area contributed by atoms with Crippen molar-refractivity contribution >= 4 is 39.0 Å². The van der Waals surface area contributed by atoms with Crippen molar-refractivity contribution < 1.29 is 0 Å². The lowest BCUT2D eigenvalue weighted by atomic mass is 10.1. The van der Waals surface area contributed by atoms with Crippen molar-refractivity contribution in [3.8, 4) is 0 Å². The number of aromatic nitrogens is 2. The second-order valence-corrected chi connectivity index (χ2v) is 5.07. The Morgan fingerprint density at radius 1 is 1.18 bits per heavy atom. The van der Waals surface area contributed by atoms with Gasteiger partial charge in [0.05, 0.1) is 12.4 Å². The van der Waals surface area contributed by atoms with Gasteiger partial charge in [-0.15, -0.1) is 0 Å². The fourth-order valence-electron chi connectivity index (χ4n) is 1.64. The molecular formula is C12H11BrClN3. The first-order valence-electron chi connectivity index (χ1n) is 5.07. The zero-order valence-electron chi connectivity index (χ0n) is 9.46. The van der Waals surface area contributed by atoms with Crippen molar-refractivity contribution in [3.63, 3.8) is 0 Å². The van der Waals surface area contributed by atoms with Crippen LogP contribution >= 0.6 is 27.5 Å². The zero-order valence-corrected chi connectivity index (χ0v) is 11.8. The molecule has 0 saturated carbocycles. The van der Waals surface area contributed by atoms with Gasteiger partial charge < -0.3 is 5.32 Å². The fourth-order valence-corrected chi connectivity index (χ4v) is 2.47. The molecule has 0 saturated heterocycles. The summed E-state index contributed by atoms with van der Waals surface area (Å²) in [5.41, 5.74) is 3.31. The molecule has 5 heteroatoms. The highest BCUT2D eigenvalue weighted by atomic mass is 79.9. The van der Waals surface area contributed by atoms with Crippen molar-refractivity contribution in [3.05, 3.63) is 45.3 Å². The Hall–Kier alpha value is -1.13. The maximum absolute atomic E-state index is 5.79. The lowest BCUT2D eigenvalue weighted by Gasteiger charge is -2.12. The highest BCUT2D eigenvalue weighted by Crippen LogP contribution is 2.27. The second kappa shape index (κ2) is 5.02. The van der Waals surface area contributed by atoms with E-state index in [1.165, 1.54) is 6.20 Å². The maximum Gasteiger partial charge on any atom is 0.150 e. The first kappa shape index (κ1) is 12.3. The molecule has 3 nitrogen and oxygen atoms in total. The fraction of sp³-hybridized carbons (Fsp3) is 0.167. The quantitative estimate of drug-likeness (QED) is 0.900. The average molecular weight is 313 g/mol. The first-order chi connectivity index (χ1) is 8.06. The SMILES string of the molecule is Cc1cc(Br)cc(C)c1Nc1cncc(Cl)n1. The Bertz CT molecular complexity index is 534. The van der Waals surface area contributed by atoms with Crippen LogP contribution in [0.3, 0.4) is 0 Å². The van der Waals surface area contributed by atoms with Gasteiger partial charge in [-0.25, -0.2) is 4.98 Å². The number of aryl methyl sites for hydroxylation is 2. The van der Waals surface area contributed by atoms with Gasteiger partial charge in [-0.2, -0.15) is 0 Å². The van der Waals surface area contributed by atoms with E-state index in [4.69, 9.17) is 11.6 Å². The van der Waals surface area contributed by atoms with Crippen LogP contribution in [0.4, 0.5) is 11.5 Å². The molecule has 0 aliphatic heterocycles. The number of anilines is 2. The summed E-state index contributed by atoms with van der Waals surface area (Å²) in [4.78, 5) is 8.14. The molecule has 0 bridgehead atoms. The Balaban J connectivity index is 2.36. The number of rotatable bonds is 2. The molecule has 0 fully saturated rings. The Labute approximate surface area is 113 Å². The van der Waals surface area contributed by atoms with Crippen molar-refractivity contribution in [1.29, 1.82) is 0 Å². The molecule has 88 valence electrons. The summed E-state index contributed by atoms with van der Waals surface area (Å²) in [5, 5.41) is 3.61. The second-order valence-electron chi connectivity index (χ2n) is 3.77. The molecule has 1 aromatic carbocycles. The van der Waals surface area contributed by atoms with E-state index in [-0.39, 0.29) is 0 Å². The molecule has 0 aliphatic carbocycles. The third-order valence-corrected chi connectivity index (χ3v) is 3.00. The molecule has 0 aliphatic rings. The zero-order chi connectivity index (χ0) is 12.4. The molecule has 0 radical (unpaired) electrons. The van der Waals surface area contributed by atoms with Crippen LogP contribution in [-0.4, -0.2) is 9.97 Å². The van der Waals surface area contributed by atoms with Gasteiger partial charge in [-0.05, 0) is 37.1 Å². The molecular weight excluding hydrogens is 302 g/mol. The van der Waals surface area contributed by atoms with Crippen LogP contribution in [0, 0.1) is 13.8 Å². The maximum atomic E-state index is 5.79. The van der Waals surface area contributed by atoms with E-state index in [0.29, 0.717) is 11.0 Å². The minimum atomic E-state index is 0.377. The minimum Gasteiger partial charge on any atom is -0.338 e. The third kappa shape index (κ3) is 2.96. The standard InChI is InChI=1S/C12H11BrClN3/c1-7-3-9(13)4-8(2)12(7)17-11-6-15-5-10(14)16-11/h3-6H,1-2H3,(H,16,17). The summed E-state index contributed by atoms with van der Waals surface area (Å²) in [6, 6.07) is 4.10. The van der Waals surface area contributed by atoms with E-state index in [0.717, 1.165) is 21.3 Å². The van der Waals surface area contributed by atoms with Gasteiger partial charge in [0, 0.05) is 10.2 Å². The molecule has 2 rings (SSSR count). The normalized spacial score (nSPS) is 10.4. The Morgan fingerprint density at radius 3 is 2.41 bits per heavy atom. The van der Waals surface area contributed by atoms with Crippen molar-refractivity contribution in [2.45, 2.75) is 13.8 Å². The lowest BCUT2D eigenvalue weighted by molar-refractivity contribution is 1.19. The third-order valence-electron chi connectivity index (χ3n) is 2.36. The Kier molecular flexibility index (Phi) is 3.64. The highest BCUT2D eigenvalue weighted by Gasteiger charge is 2.05. The van der Waals surface area contributed by atoms with Crippen molar-refractivity contribution in [2.24, 2.45) is 0 Å². The molecule has 17 heavy (non-hydrogen) atoms. The summed E-state index contributed by atoms with van der Waals surface area (Å²) in [7, 11) is 0. The number of nitrogens with zero attached hydrogens (tertiary/aromatic N) is 2. The monoisotopic (exact) mass is 311 g/mol. The molecule has 0 amide bonds. The molecule has 1 aromatic heterocycles. The predicted octanol–water partition coefficient (Wildman–Crippen LogP) is 4.25. The molecule has 0 unspecified atom stereocenters. The summed E-state index contributed by atoms with van der Waals surface area (Å²) >= 11 is 9.26. The number of halogens is 2. The summed E-state index contributed by atoms with van der Waals surface area (Å²) in [5.74, 6) is 0.644. The van der Waals surface area contributed by atoms with E-state index in [1.54, 1.807) is 6.20 Å². The van der Waals surface area contributed by atoms with Gasteiger partial charge in [-0.3, -0.25) is 4.98 Å². The highest BCUT2D eigenvalue weighted by molar-refractivity contribution is 9.10. The van der Waals surface area contributed by atoms with Crippen LogP contribution in [0.15, 0.2) is 29.0 Å². The van der Waals surface area contributed by atoms with Gasteiger partial charge in [0.25, 0.3) is 0 Å². The largest absolute Gasteiger partial charge is 0.338 e. The summed E-state index contributed by atoms with van der Waals surface area (Å²) in [6.45, 7) is 4.08. The van der Waals surface area contributed by atoms with Crippen LogP contribution in [0.5, 0.6) is 0 Å². The van der Waals surface area contributed by atoms with E-state index in [2.05, 4.69) is 31.2 Å². The molecule has 1 N–H and O–H groups in total.